The molecule has 2 heterocycles. The average molecular weight is 195 g/mol. The van der Waals surface area contributed by atoms with Crippen molar-refractivity contribution in [3.63, 3.8) is 0 Å². The minimum Gasteiger partial charge on any atom is -0.464 e. The summed E-state index contributed by atoms with van der Waals surface area (Å²) in [5.74, 6) is -0.406. The molecule has 5 nitrogen and oxygen atoms in total. The number of methoxy groups -OCH3 is 1. The normalized spacial score (nSPS) is 14.9. The molecule has 0 bridgehead atoms. The van der Waals surface area contributed by atoms with Crippen LogP contribution in [0.2, 0.25) is 0 Å². The topological polar surface area (TPSA) is 80.1 Å². The highest BCUT2D eigenvalue weighted by Crippen LogP contribution is 2.24. The number of nitrogens with one attached hydrogen (secondary N) is 2. The van der Waals surface area contributed by atoms with Crippen molar-refractivity contribution in [2.45, 2.75) is 13.0 Å². The molecule has 1 aromatic heterocycles. The van der Waals surface area contributed by atoms with Gasteiger partial charge in [0.25, 0.3) is 0 Å². The van der Waals surface area contributed by atoms with E-state index in [0.717, 1.165) is 30.8 Å². The molecule has 1 aliphatic rings. The lowest BCUT2D eigenvalue weighted by Gasteiger charge is -2.12. The second-order valence-electron chi connectivity index (χ2n) is 3.29. The van der Waals surface area contributed by atoms with Gasteiger partial charge in [0.15, 0.2) is 0 Å². The van der Waals surface area contributed by atoms with Crippen LogP contribution in [-0.2, 0) is 17.7 Å². The van der Waals surface area contributed by atoms with E-state index in [1.54, 1.807) is 0 Å². The molecule has 0 aromatic carbocycles. The molecule has 2 rings (SSSR count). The molecule has 1 aliphatic heterocycles. The summed E-state index contributed by atoms with van der Waals surface area (Å²) >= 11 is 0. The van der Waals surface area contributed by atoms with Gasteiger partial charge < -0.3 is 20.8 Å². The van der Waals surface area contributed by atoms with Gasteiger partial charge in [-0.05, 0) is 18.5 Å². The zero-order valence-corrected chi connectivity index (χ0v) is 8.02. The summed E-state index contributed by atoms with van der Waals surface area (Å²) in [5.41, 5.74) is 8.79. The van der Waals surface area contributed by atoms with Crippen LogP contribution in [0.25, 0.3) is 0 Å². The van der Waals surface area contributed by atoms with E-state index < -0.39 is 5.97 Å². The van der Waals surface area contributed by atoms with E-state index in [4.69, 9.17) is 5.73 Å². The summed E-state index contributed by atoms with van der Waals surface area (Å²) < 4.78 is 4.62. The van der Waals surface area contributed by atoms with Crippen LogP contribution in [0.3, 0.4) is 0 Å². The van der Waals surface area contributed by atoms with Crippen LogP contribution in [-0.4, -0.2) is 24.6 Å². The fraction of sp³-hybridized carbons (Fsp3) is 0.444. The number of carbonyl (C=O) groups is 1. The number of fused-ring (bicyclic) bond motifs is 1. The smallest absolute Gasteiger partial charge is 0.356 e. The quantitative estimate of drug-likeness (QED) is 0.552. The van der Waals surface area contributed by atoms with Crippen LogP contribution in [0.5, 0.6) is 0 Å². The molecule has 0 amide bonds. The van der Waals surface area contributed by atoms with Gasteiger partial charge in [-0.25, -0.2) is 4.79 Å². The number of H-pyrrole nitrogens is 1. The minimum atomic E-state index is -0.406. The van der Waals surface area contributed by atoms with Crippen molar-refractivity contribution >= 4 is 11.7 Å². The maximum Gasteiger partial charge on any atom is 0.356 e. The van der Waals surface area contributed by atoms with Gasteiger partial charge in [-0.2, -0.15) is 0 Å². The molecule has 0 unspecified atom stereocenters. The third-order valence-electron chi connectivity index (χ3n) is 2.48. The Morgan fingerprint density at radius 1 is 1.57 bits per heavy atom. The maximum absolute atomic E-state index is 11.3. The molecule has 14 heavy (non-hydrogen) atoms. The average Bonchev–Trinajstić information content (AvgIpc) is 2.56. The second kappa shape index (κ2) is 3.34. The fourth-order valence-electron chi connectivity index (χ4n) is 1.73. The molecule has 76 valence electrons. The number of carbonyl (C=O) groups excluding carboxylic acids is 1. The van der Waals surface area contributed by atoms with Crippen molar-refractivity contribution in [1.29, 1.82) is 0 Å². The first-order valence-electron chi connectivity index (χ1n) is 4.52. The number of nitrogens with two attached hydrogens (primary N) is 1. The monoisotopic (exact) mass is 195 g/mol. The number of ether oxygens (including phenoxy) is 1. The van der Waals surface area contributed by atoms with Crippen LogP contribution >= 0.6 is 0 Å². The molecule has 0 atom stereocenters. The number of hydrogen-bond donors (Lipinski definition) is 3. The summed E-state index contributed by atoms with van der Waals surface area (Å²) in [7, 11) is 1.35. The Bertz CT molecular complexity index is 370. The Labute approximate surface area is 81.6 Å². The Morgan fingerprint density at radius 3 is 3.00 bits per heavy atom. The molecule has 1 aromatic rings. The van der Waals surface area contributed by atoms with Gasteiger partial charge in [-0.3, -0.25) is 0 Å². The molecule has 0 fully saturated rings. The van der Waals surface area contributed by atoms with Crippen molar-refractivity contribution in [3.8, 4) is 0 Å². The van der Waals surface area contributed by atoms with Crippen molar-refractivity contribution in [3.05, 3.63) is 17.0 Å². The first kappa shape index (κ1) is 9.08. The van der Waals surface area contributed by atoms with Crippen LogP contribution in [0, 0.1) is 0 Å². The fourth-order valence-corrected chi connectivity index (χ4v) is 1.73. The molecule has 0 spiro atoms. The number of anilines is 1. The third kappa shape index (κ3) is 1.26. The summed E-state index contributed by atoms with van der Waals surface area (Å²) in [4.78, 5) is 14.3. The Balaban J connectivity index is 2.43. The number of rotatable bonds is 1. The maximum atomic E-state index is 11.3. The van der Waals surface area contributed by atoms with Crippen LogP contribution in [0.15, 0.2) is 0 Å². The van der Waals surface area contributed by atoms with Gasteiger partial charge in [-0.1, -0.05) is 0 Å². The predicted molar refractivity (Wildman–Crippen MR) is 52.0 cm³/mol. The number of aromatic amines is 1. The summed E-state index contributed by atoms with van der Waals surface area (Å²) in [6.07, 6.45) is 0.856. The summed E-state index contributed by atoms with van der Waals surface area (Å²) in [5, 5.41) is 3.20. The zero-order chi connectivity index (χ0) is 10.1. The molecule has 4 N–H and O–H groups in total. The number of esters is 1. The van der Waals surface area contributed by atoms with E-state index in [1.807, 2.05) is 0 Å². The van der Waals surface area contributed by atoms with Gasteiger partial charge in [0.1, 0.15) is 5.69 Å². The van der Waals surface area contributed by atoms with Gasteiger partial charge in [0, 0.05) is 12.2 Å². The molecular formula is C9H13N3O2. The van der Waals surface area contributed by atoms with Crippen molar-refractivity contribution in [2.24, 2.45) is 0 Å². The third-order valence-corrected chi connectivity index (χ3v) is 2.48. The minimum absolute atomic E-state index is 0.376. The van der Waals surface area contributed by atoms with Crippen molar-refractivity contribution in [1.82, 2.24) is 10.3 Å². The Kier molecular flexibility index (Phi) is 2.17. The number of aromatic nitrogens is 1. The van der Waals surface area contributed by atoms with E-state index in [2.05, 4.69) is 15.0 Å². The van der Waals surface area contributed by atoms with Gasteiger partial charge in [0.2, 0.25) is 0 Å². The number of nitrogen functional groups attached to an aromatic ring is 1. The molecule has 0 aliphatic carbocycles. The Hall–Kier alpha value is -1.49. The highest BCUT2D eigenvalue weighted by Gasteiger charge is 2.21. The second-order valence-corrected chi connectivity index (χ2v) is 3.29. The van der Waals surface area contributed by atoms with Crippen molar-refractivity contribution in [2.75, 3.05) is 19.4 Å². The summed E-state index contributed by atoms with van der Waals surface area (Å²) in [6, 6.07) is 0. The Morgan fingerprint density at radius 2 is 2.36 bits per heavy atom. The molecule has 5 heteroatoms. The number of hydrogen-bond acceptors (Lipinski definition) is 4. The molecule has 0 saturated heterocycles. The van der Waals surface area contributed by atoms with E-state index in [9.17, 15) is 4.79 Å². The lowest BCUT2D eigenvalue weighted by Crippen LogP contribution is -2.23. The lowest BCUT2D eigenvalue weighted by molar-refractivity contribution is 0.0596. The van der Waals surface area contributed by atoms with Crippen molar-refractivity contribution < 1.29 is 9.53 Å². The first-order valence-corrected chi connectivity index (χ1v) is 4.52. The molecule has 0 saturated carbocycles. The van der Waals surface area contributed by atoms with E-state index in [1.165, 1.54) is 7.11 Å². The van der Waals surface area contributed by atoms with Gasteiger partial charge in [0.05, 0.1) is 12.8 Å². The first-order chi connectivity index (χ1) is 6.74. The van der Waals surface area contributed by atoms with Crippen LogP contribution in [0.1, 0.15) is 21.7 Å². The highest BCUT2D eigenvalue weighted by molar-refractivity contribution is 5.94. The van der Waals surface area contributed by atoms with E-state index in [-0.39, 0.29) is 0 Å². The lowest BCUT2D eigenvalue weighted by atomic mass is 10.1. The SMILES string of the molecule is COC(=O)c1[nH]c2c(c1N)CCNC2. The van der Waals surface area contributed by atoms with Crippen LogP contribution < -0.4 is 11.1 Å². The molecule has 0 radical (unpaired) electrons. The van der Waals surface area contributed by atoms with E-state index in [0.29, 0.717) is 11.4 Å². The summed E-state index contributed by atoms with van der Waals surface area (Å²) in [6.45, 7) is 1.63. The molecular weight excluding hydrogens is 182 g/mol. The zero-order valence-electron chi connectivity index (χ0n) is 8.02. The predicted octanol–water partition coefficient (Wildman–Crippen LogP) is 0.0292. The van der Waals surface area contributed by atoms with Gasteiger partial charge >= 0.3 is 5.97 Å². The van der Waals surface area contributed by atoms with Crippen LogP contribution in [0.4, 0.5) is 5.69 Å². The largest absolute Gasteiger partial charge is 0.464 e. The van der Waals surface area contributed by atoms with Gasteiger partial charge in [-0.15, -0.1) is 0 Å². The standard InChI is InChI=1S/C9H13N3O2/c1-14-9(13)8-7(10)5-2-3-11-4-6(5)12-8/h11-12H,2-4,10H2,1H3. The highest BCUT2D eigenvalue weighted by atomic mass is 16.5. The van der Waals surface area contributed by atoms with E-state index >= 15 is 0 Å².